The molecular weight excluding hydrogens is 216 g/mol. The highest BCUT2D eigenvalue weighted by Gasteiger charge is 2.05. The fourth-order valence-electron chi connectivity index (χ4n) is 2.14. The van der Waals surface area contributed by atoms with E-state index < -0.39 is 0 Å². The van der Waals surface area contributed by atoms with Gasteiger partial charge < -0.3 is 0 Å². The van der Waals surface area contributed by atoms with Crippen molar-refractivity contribution in [3.05, 3.63) is 84.9 Å². The molecule has 3 rings (SSSR count). The number of benzene rings is 3. The number of hydrogen-bond donors (Lipinski definition) is 0. The molecule has 0 spiro atoms. The van der Waals surface area contributed by atoms with Crippen LogP contribution in [0.1, 0.15) is 0 Å². The van der Waals surface area contributed by atoms with Crippen LogP contribution in [-0.4, -0.2) is 0 Å². The van der Waals surface area contributed by atoms with E-state index in [-0.39, 0.29) is 0 Å². The van der Waals surface area contributed by atoms with Crippen molar-refractivity contribution in [1.82, 2.24) is 0 Å². The Labute approximate surface area is 108 Å². The zero-order chi connectivity index (χ0) is 12.2. The molecule has 3 aromatic carbocycles. The molecular formula is C18H13. The number of hydrogen-bond acceptors (Lipinski definition) is 0. The first-order valence-corrected chi connectivity index (χ1v) is 6.07. The Balaban J connectivity index is 2.18. The maximum atomic E-state index is 3.35. The molecule has 0 N–H and O–H groups in total. The third-order valence-corrected chi connectivity index (χ3v) is 3.00. The van der Waals surface area contributed by atoms with E-state index in [9.17, 15) is 0 Å². The van der Waals surface area contributed by atoms with Crippen molar-refractivity contribution >= 4 is 0 Å². The molecule has 0 nitrogen and oxygen atoms in total. The van der Waals surface area contributed by atoms with Gasteiger partial charge in [0.1, 0.15) is 0 Å². The highest BCUT2D eigenvalue weighted by atomic mass is 14.1. The molecule has 0 fully saturated rings. The molecule has 0 heteroatoms. The van der Waals surface area contributed by atoms with Crippen LogP contribution in [0.2, 0.25) is 0 Å². The van der Waals surface area contributed by atoms with Gasteiger partial charge in [0.05, 0.1) is 0 Å². The molecule has 0 atom stereocenters. The van der Waals surface area contributed by atoms with Crippen molar-refractivity contribution in [3.63, 3.8) is 0 Å². The van der Waals surface area contributed by atoms with Gasteiger partial charge in [0.2, 0.25) is 0 Å². The third kappa shape index (κ3) is 2.05. The Kier molecular flexibility index (Phi) is 2.93. The van der Waals surface area contributed by atoms with E-state index in [1.807, 2.05) is 24.3 Å². The van der Waals surface area contributed by atoms with Crippen LogP contribution in [0.3, 0.4) is 0 Å². The molecule has 0 heterocycles. The van der Waals surface area contributed by atoms with Crippen LogP contribution in [-0.2, 0) is 0 Å². The van der Waals surface area contributed by atoms with E-state index in [1.54, 1.807) is 0 Å². The van der Waals surface area contributed by atoms with Gasteiger partial charge in [-0.05, 0) is 28.3 Å². The maximum absolute atomic E-state index is 3.35. The highest BCUT2D eigenvalue weighted by Crippen LogP contribution is 2.30. The quantitative estimate of drug-likeness (QED) is 0.591. The fraction of sp³-hybridized carbons (Fsp3) is 0. The molecule has 0 aromatic heterocycles. The fourth-order valence-corrected chi connectivity index (χ4v) is 2.14. The van der Waals surface area contributed by atoms with Gasteiger partial charge >= 0.3 is 0 Å². The molecule has 0 saturated heterocycles. The first-order chi connectivity index (χ1) is 8.95. The molecule has 3 aromatic rings. The molecule has 0 aliphatic carbocycles. The smallest absolute Gasteiger partial charge is 0.00266 e. The van der Waals surface area contributed by atoms with Crippen LogP contribution >= 0.6 is 0 Å². The lowest BCUT2D eigenvalue weighted by Gasteiger charge is -2.09. The lowest BCUT2D eigenvalue weighted by Crippen LogP contribution is -1.84. The van der Waals surface area contributed by atoms with E-state index in [2.05, 4.69) is 60.7 Å². The maximum Gasteiger partial charge on any atom is -0.00266 e. The van der Waals surface area contributed by atoms with E-state index >= 15 is 0 Å². The summed E-state index contributed by atoms with van der Waals surface area (Å²) in [4.78, 5) is 0. The molecule has 0 aliphatic rings. The minimum atomic E-state index is 1.16. The molecule has 0 aliphatic heterocycles. The summed E-state index contributed by atoms with van der Waals surface area (Å²) in [5.41, 5.74) is 4.82. The topological polar surface area (TPSA) is 0 Å². The first-order valence-electron chi connectivity index (χ1n) is 6.07. The summed E-state index contributed by atoms with van der Waals surface area (Å²) in [7, 11) is 0. The minimum absolute atomic E-state index is 1.16. The van der Waals surface area contributed by atoms with Crippen LogP contribution in [0.4, 0.5) is 0 Å². The molecule has 18 heavy (non-hydrogen) atoms. The first kappa shape index (κ1) is 10.8. The Morgan fingerprint density at radius 1 is 0.556 bits per heavy atom. The van der Waals surface area contributed by atoms with Gasteiger partial charge in [-0.15, -0.1) is 0 Å². The lowest BCUT2D eigenvalue weighted by molar-refractivity contribution is 1.57. The summed E-state index contributed by atoms with van der Waals surface area (Å²) in [5, 5.41) is 0. The Hall–Kier alpha value is -2.34. The average molecular weight is 229 g/mol. The SMILES string of the molecule is [c]1cccc(-c2ccccc2)c1-c1ccccc1. The second kappa shape index (κ2) is 4.89. The van der Waals surface area contributed by atoms with Crippen LogP contribution < -0.4 is 0 Å². The van der Waals surface area contributed by atoms with Gasteiger partial charge in [0.25, 0.3) is 0 Å². The largest absolute Gasteiger partial charge is 0.0622 e. The van der Waals surface area contributed by atoms with Crippen LogP contribution in [0, 0.1) is 6.07 Å². The van der Waals surface area contributed by atoms with Gasteiger partial charge in [-0.25, -0.2) is 0 Å². The summed E-state index contributed by atoms with van der Waals surface area (Å²) >= 11 is 0. The van der Waals surface area contributed by atoms with Gasteiger partial charge in [0.15, 0.2) is 0 Å². The summed E-state index contributed by atoms with van der Waals surface area (Å²) in [5.74, 6) is 0. The van der Waals surface area contributed by atoms with Crippen LogP contribution in [0.15, 0.2) is 78.9 Å². The third-order valence-electron chi connectivity index (χ3n) is 3.00. The second-order valence-electron chi connectivity index (χ2n) is 4.19. The zero-order valence-corrected chi connectivity index (χ0v) is 10.0. The molecule has 0 saturated carbocycles. The summed E-state index contributed by atoms with van der Waals surface area (Å²) in [6.45, 7) is 0. The van der Waals surface area contributed by atoms with Crippen LogP contribution in [0.5, 0.6) is 0 Å². The normalized spacial score (nSPS) is 10.2. The predicted octanol–water partition coefficient (Wildman–Crippen LogP) is 4.82. The van der Waals surface area contributed by atoms with Gasteiger partial charge in [-0.3, -0.25) is 0 Å². The molecule has 85 valence electrons. The predicted molar refractivity (Wildman–Crippen MR) is 76.2 cm³/mol. The zero-order valence-electron chi connectivity index (χ0n) is 10.0. The van der Waals surface area contributed by atoms with Crippen molar-refractivity contribution in [2.24, 2.45) is 0 Å². The van der Waals surface area contributed by atoms with E-state index in [4.69, 9.17) is 0 Å². The highest BCUT2D eigenvalue weighted by molar-refractivity contribution is 5.82. The Morgan fingerprint density at radius 3 is 1.83 bits per heavy atom. The van der Waals surface area contributed by atoms with Gasteiger partial charge in [-0.2, -0.15) is 0 Å². The molecule has 1 radical (unpaired) electrons. The van der Waals surface area contributed by atoms with Gasteiger partial charge in [0, 0.05) is 0 Å². The minimum Gasteiger partial charge on any atom is -0.0622 e. The Morgan fingerprint density at radius 2 is 1.17 bits per heavy atom. The van der Waals surface area contributed by atoms with Crippen molar-refractivity contribution in [2.75, 3.05) is 0 Å². The van der Waals surface area contributed by atoms with Crippen molar-refractivity contribution in [1.29, 1.82) is 0 Å². The lowest BCUT2D eigenvalue weighted by atomic mass is 9.95. The molecule has 0 bridgehead atoms. The van der Waals surface area contributed by atoms with Crippen molar-refractivity contribution < 1.29 is 0 Å². The summed E-state index contributed by atoms with van der Waals surface area (Å²) < 4.78 is 0. The monoisotopic (exact) mass is 229 g/mol. The van der Waals surface area contributed by atoms with Crippen molar-refractivity contribution in [2.45, 2.75) is 0 Å². The van der Waals surface area contributed by atoms with Crippen molar-refractivity contribution in [3.8, 4) is 22.3 Å². The van der Waals surface area contributed by atoms with E-state index in [0.717, 1.165) is 5.56 Å². The summed E-state index contributed by atoms with van der Waals surface area (Å²) in [6, 6.07) is 30.3. The second-order valence-corrected chi connectivity index (χ2v) is 4.19. The summed E-state index contributed by atoms with van der Waals surface area (Å²) in [6.07, 6.45) is 0. The molecule has 0 amide bonds. The van der Waals surface area contributed by atoms with E-state index in [0.29, 0.717) is 0 Å². The van der Waals surface area contributed by atoms with Gasteiger partial charge in [-0.1, -0.05) is 78.9 Å². The van der Waals surface area contributed by atoms with Crippen LogP contribution in [0.25, 0.3) is 22.3 Å². The number of rotatable bonds is 2. The van der Waals surface area contributed by atoms with E-state index in [1.165, 1.54) is 16.7 Å². The average Bonchev–Trinajstić information content (AvgIpc) is 2.49. The molecule has 0 unspecified atom stereocenters. The Bertz CT molecular complexity index is 566. The standard InChI is InChI=1S/C18H13/c1-3-9-15(10-4-1)17-13-7-8-14-18(17)16-11-5-2-6-12-16/h1-13H.